The predicted octanol–water partition coefficient (Wildman–Crippen LogP) is 3.79. The number of nitrogens with zero attached hydrogens (tertiary/aromatic N) is 2. The van der Waals surface area contributed by atoms with E-state index >= 15 is 0 Å². The summed E-state index contributed by atoms with van der Waals surface area (Å²) < 4.78 is 33.0. The van der Waals surface area contributed by atoms with E-state index in [1.54, 1.807) is 38.1 Å². The summed E-state index contributed by atoms with van der Waals surface area (Å²) in [5.74, 6) is 0.555. The minimum atomic E-state index is -3.69. The molecule has 0 aliphatic carbocycles. The number of aromatic nitrogens is 2. The minimum Gasteiger partial charge on any atom is -0.338 e. The molecule has 0 aliphatic heterocycles. The van der Waals surface area contributed by atoms with E-state index in [0.29, 0.717) is 22.0 Å². The van der Waals surface area contributed by atoms with Gasteiger partial charge in [0, 0.05) is 10.6 Å². The molecule has 0 spiro atoms. The van der Waals surface area contributed by atoms with Crippen LogP contribution in [0.5, 0.6) is 0 Å². The molecule has 0 aliphatic rings. The van der Waals surface area contributed by atoms with Crippen molar-refractivity contribution < 1.29 is 12.9 Å². The Labute approximate surface area is 157 Å². The molecule has 0 fully saturated rings. The van der Waals surface area contributed by atoms with Gasteiger partial charge in [-0.2, -0.15) is 4.98 Å². The number of halogens is 1. The first kappa shape index (κ1) is 18.6. The second-order valence-corrected chi connectivity index (χ2v) is 8.21. The maximum atomic E-state index is 12.7. The molecule has 0 amide bonds. The van der Waals surface area contributed by atoms with Crippen molar-refractivity contribution in [3.05, 3.63) is 64.0 Å². The summed E-state index contributed by atoms with van der Waals surface area (Å²) in [7, 11) is -3.69. The topological polar surface area (TPSA) is 85.1 Å². The van der Waals surface area contributed by atoms with E-state index in [2.05, 4.69) is 14.9 Å². The summed E-state index contributed by atoms with van der Waals surface area (Å²) in [4.78, 5) is 4.50. The van der Waals surface area contributed by atoms with Gasteiger partial charge in [0.2, 0.25) is 21.7 Å². The van der Waals surface area contributed by atoms with Crippen LogP contribution in [-0.2, 0) is 16.6 Å². The van der Waals surface area contributed by atoms with Crippen molar-refractivity contribution in [2.45, 2.75) is 32.2 Å². The molecule has 3 rings (SSSR count). The summed E-state index contributed by atoms with van der Waals surface area (Å²) in [5, 5.41) is 4.48. The van der Waals surface area contributed by atoms with Crippen molar-refractivity contribution in [1.29, 1.82) is 0 Å². The standard InChI is InChI=1S/C18H18ClN3O3S/c1-11-8-12(2)17(13(3)9-11)26(23,24)20-10-16-21-18(22-25-16)14-4-6-15(19)7-5-14/h4-9,20H,10H2,1-3H3. The molecule has 0 bridgehead atoms. The number of rotatable bonds is 5. The summed E-state index contributed by atoms with van der Waals surface area (Å²) in [6.07, 6.45) is 0. The molecule has 1 heterocycles. The third-order valence-electron chi connectivity index (χ3n) is 3.86. The van der Waals surface area contributed by atoms with E-state index in [4.69, 9.17) is 16.1 Å². The Kier molecular flexibility index (Phi) is 5.13. The molecule has 1 aromatic heterocycles. The van der Waals surface area contributed by atoms with Gasteiger partial charge in [-0.3, -0.25) is 0 Å². The van der Waals surface area contributed by atoms with Gasteiger partial charge in [0.05, 0.1) is 11.4 Å². The van der Waals surface area contributed by atoms with Gasteiger partial charge in [0.1, 0.15) is 0 Å². The van der Waals surface area contributed by atoms with E-state index in [1.807, 2.05) is 19.1 Å². The van der Waals surface area contributed by atoms with Crippen LogP contribution in [0.3, 0.4) is 0 Å². The normalized spacial score (nSPS) is 11.7. The van der Waals surface area contributed by atoms with Crippen LogP contribution in [0.1, 0.15) is 22.6 Å². The molecule has 6 nitrogen and oxygen atoms in total. The van der Waals surface area contributed by atoms with Gasteiger partial charge < -0.3 is 4.52 Å². The fourth-order valence-electron chi connectivity index (χ4n) is 2.86. The molecular formula is C18H18ClN3O3S. The highest BCUT2D eigenvalue weighted by Crippen LogP contribution is 2.22. The highest BCUT2D eigenvalue weighted by Gasteiger charge is 2.21. The number of aryl methyl sites for hydroxylation is 3. The average molecular weight is 392 g/mol. The number of benzene rings is 2. The first-order valence-corrected chi connectivity index (χ1v) is 9.78. The Balaban J connectivity index is 1.78. The fraction of sp³-hybridized carbons (Fsp3) is 0.222. The summed E-state index contributed by atoms with van der Waals surface area (Å²) >= 11 is 5.86. The molecule has 0 radical (unpaired) electrons. The highest BCUT2D eigenvalue weighted by molar-refractivity contribution is 7.89. The Morgan fingerprint density at radius 3 is 2.31 bits per heavy atom. The van der Waals surface area contributed by atoms with Crippen molar-refractivity contribution in [2.24, 2.45) is 0 Å². The van der Waals surface area contributed by atoms with E-state index in [0.717, 1.165) is 11.1 Å². The molecule has 8 heteroatoms. The summed E-state index contributed by atoms with van der Waals surface area (Å²) in [6, 6.07) is 10.7. The lowest BCUT2D eigenvalue weighted by Crippen LogP contribution is -2.25. The predicted molar refractivity (Wildman–Crippen MR) is 99.4 cm³/mol. The van der Waals surface area contributed by atoms with Crippen LogP contribution >= 0.6 is 11.6 Å². The maximum Gasteiger partial charge on any atom is 0.242 e. The second kappa shape index (κ2) is 7.19. The van der Waals surface area contributed by atoms with E-state index in [1.165, 1.54) is 0 Å². The first-order valence-electron chi connectivity index (χ1n) is 7.92. The molecule has 136 valence electrons. The second-order valence-electron chi connectivity index (χ2n) is 6.07. The van der Waals surface area contributed by atoms with Crippen LogP contribution in [0.2, 0.25) is 5.02 Å². The lowest BCUT2D eigenvalue weighted by Gasteiger charge is -2.12. The number of hydrogen-bond acceptors (Lipinski definition) is 5. The van der Waals surface area contributed by atoms with Crippen LogP contribution in [0.4, 0.5) is 0 Å². The first-order chi connectivity index (χ1) is 12.3. The zero-order chi connectivity index (χ0) is 18.9. The largest absolute Gasteiger partial charge is 0.338 e. The van der Waals surface area contributed by atoms with Crippen LogP contribution in [0.15, 0.2) is 45.8 Å². The Bertz CT molecular complexity index is 1020. The quantitative estimate of drug-likeness (QED) is 0.715. The molecule has 3 aromatic rings. The van der Waals surface area contributed by atoms with E-state index in [-0.39, 0.29) is 17.3 Å². The van der Waals surface area contributed by atoms with Crippen LogP contribution < -0.4 is 4.72 Å². The van der Waals surface area contributed by atoms with Gasteiger partial charge >= 0.3 is 0 Å². The molecule has 2 aromatic carbocycles. The SMILES string of the molecule is Cc1cc(C)c(S(=O)(=O)NCc2nc(-c3ccc(Cl)cc3)no2)c(C)c1. The smallest absolute Gasteiger partial charge is 0.242 e. The molecule has 26 heavy (non-hydrogen) atoms. The number of nitrogens with one attached hydrogen (secondary N) is 1. The number of hydrogen-bond donors (Lipinski definition) is 1. The van der Waals surface area contributed by atoms with E-state index < -0.39 is 10.0 Å². The molecule has 1 N–H and O–H groups in total. The minimum absolute atomic E-state index is 0.0876. The Morgan fingerprint density at radius 2 is 1.69 bits per heavy atom. The molecular weight excluding hydrogens is 374 g/mol. The molecule has 0 unspecified atom stereocenters. The van der Waals surface area contributed by atoms with Crippen molar-refractivity contribution in [3.63, 3.8) is 0 Å². The lowest BCUT2D eigenvalue weighted by molar-refractivity contribution is 0.376. The van der Waals surface area contributed by atoms with Gasteiger partial charge in [0.15, 0.2) is 0 Å². The van der Waals surface area contributed by atoms with Gasteiger partial charge in [-0.1, -0.05) is 34.5 Å². The zero-order valence-electron chi connectivity index (χ0n) is 14.6. The van der Waals surface area contributed by atoms with Crippen molar-refractivity contribution >= 4 is 21.6 Å². The lowest BCUT2D eigenvalue weighted by atomic mass is 10.1. The Morgan fingerprint density at radius 1 is 1.08 bits per heavy atom. The van der Waals surface area contributed by atoms with Crippen molar-refractivity contribution in [3.8, 4) is 11.4 Å². The summed E-state index contributed by atoms with van der Waals surface area (Å²) in [5.41, 5.74) is 3.14. The van der Waals surface area contributed by atoms with Crippen LogP contribution in [-0.4, -0.2) is 18.6 Å². The van der Waals surface area contributed by atoms with Gasteiger partial charge in [-0.05, 0) is 56.2 Å². The van der Waals surface area contributed by atoms with Crippen LogP contribution in [0.25, 0.3) is 11.4 Å². The average Bonchev–Trinajstić information content (AvgIpc) is 3.01. The fourth-order valence-corrected chi connectivity index (χ4v) is 4.41. The molecule has 0 saturated carbocycles. The van der Waals surface area contributed by atoms with E-state index in [9.17, 15) is 8.42 Å². The molecule has 0 saturated heterocycles. The zero-order valence-corrected chi connectivity index (χ0v) is 16.1. The van der Waals surface area contributed by atoms with Crippen molar-refractivity contribution in [2.75, 3.05) is 0 Å². The third kappa shape index (κ3) is 3.95. The van der Waals surface area contributed by atoms with Gasteiger partial charge in [-0.25, -0.2) is 13.1 Å². The highest BCUT2D eigenvalue weighted by atomic mass is 35.5. The third-order valence-corrected chi connectivity index (χ3v) is 5.82. The van der Waals surface area contributed by atoms with Crippen molar-refractivity contribution in [1.82, 2.24) is 14.9 Å². The monoisotopic (exact) mass is 391 g/mol. The molecule has 0 atom stereocenters. The van der Waals surface area contributed by atoms with Gasteiger partial charge in [-0.15, -0.1) is 0 Å². The van der Waals surface area contributed by atoms with Crippen LogP contribution in [0, 0.1) is 20.8 Å². The van der Waals surface area contributed by atoms with Gasteiger partial charge in [0.25, 0.3) is 0 Å². The number of sulfonamides is 1. The summed E-state index contributed by atoms with van der Waals surface area (Å²) in [6.45, 7) is 5.40. The Hall–Kier alpha value is -2.22. The maximum absolute atomic E-state index is 12.7.